The summed E-state index contributed by atoms with van der Waals surface area (Å²) in [7, 11) is 0. The highest BCUT2D eigenvalue weighted by atomic mass is 79.9. The van der Waals surface area contributed by atoms with Crippen LogP contribution in [0.4, 0.5) is 4.79 Å². The lowest BCUT2D eigenvalue weighted by molar-refractivity contribution is 0.140. The van der Waals surface area contributed by atoms with Crippen molar-refractivity contribution in [1.82, 2.24) is 5.32 Å². The van der Waals surface area contributed by atoms with E-state index in [0.717, 1.165) is 10.9 Å². The molecule has 0 saturated heterocycles. The first-order valence-corrected chi connectivity index (χ1v) is 5.45. The number of nitrogens with one attached hydrogen (secondary N) is 1. The van der Waals surface area contributed by atoms with Crippen LogP contribution in [0, 0.1) is 0 Å². The van der Waals surface area contributed by atoms with E-state index in [0.29, 0.717) is 13.2 Å². The van der Waals surface area contributed by atoms with Crippen molar-refractivity contribution in [2.75, 3.05) is 11.9 Å². The summed E-state index contributed by atoms with van der Waals surface area (Å²) >= 11 is 3.20. The fraction of sp³-hybridized carbons (Fsp3) is 0.300. The molecule has 0 radical (unpaired) electrons. The van der Waals surface area contributed by atoms with E-state index in [4.69, 9.17) is 4.74 Å². The van der Waals surface area contributed by atoms with Crippen LogP contribution in [0.3, 0.4) is 0 Å². The van der Waals surface area contributed by atoms with E-state index in [2.05, 4.69) is 21.2 Å². The van der Waals surface area contributed by atoms with Gasteiger partial charge in [0.2, 0.25) is 0 Å². The number of amides is 1. The number of alkyl halides is 1. The van der Waals surface area contributed by atoms with Crippen LogP contribution in [0.2, 0.25) is 0 Å². The first-order chi connectivity index (χ1) is 6.83. The highest BCUT2D eigenvalue weighted by molar-refractivity contribution is 9.09. The number of rotatable bonds is 4. The van der Waals surface area contributed by atoms with Crippen LogP contribution in [0.5, 0.6) is 0 Å². The van der Waals surface area contributed by atoms with Crippen molar-refractivity contribution in [2.24, 2.45) is 0 Å². The summed E-state index contributed by atoms with van der Waals surface area (Å²) in [6.07, 6.45) is -0.381. The summed E-state index contributed by atoms with van der Waals surface area (Å²) in [5.74, 6) is 0. The van der Waals surface area contributed by atoms with Crippen molar-refractivity contribution in [2.45, 2.75) is 6.61 Å². The van der Waals surface area contributed by atoms with E-state index in [1.54, 1.807) is 0 Å². The van der Waals surface area contributed by atoms with Gasteiger partial charge in [0.15, 0.2) is 0 Å². The average molecular weight is 295 g/mol. The first-order valence-electron chi connectivity index (χ1n) is 4.33. The summed E-state index contributed by atoms with van der Waals surface area (Å²) in [5, 5.41) is 3.32. The Morgan fingerprint density at radius 2 is 2.00 bits per heavy atom. The van der Waals surface area contributed by atoms with Gasteiger partial charge in [-0.2, -0.15) is 0 Å². The van der Waals surface area contributed by atoms with Gasteiger partial charge in [0, 0.05) is 11.9 Å². The molecular weight excluding hydrogens is 281 g/mol. The zero-order chi connectivity index (χ0) is 10.2. The number of carbonyl (C=O) groups excluding carboxylic acids is 1. The van der Waals surface area contributed by atoms with Gasteiger partial charge in [-0.3, -0.25) is 0 Å². The third kappa shape index (κ3) is 6.36. The van der Waals surface area contributed by atoms with Crippen LogP contribution in [-0.4, -0.2) is 18.0 Å². The molecule has 0 heterocycles. The zero-order valence-corrected chi connectivity index (χ0v) is 10.5. The minimum absolute atomic E-state index is 0. The molecule has 0 bridgehead atoms. The Bertz CT molecular complexity index is 282. The number of halogens is 2. The lowest BCUT2D eigenvalue weighted by Gasteiger charge is -2.05. The summed E-state index contributed by atoms with van der Waals surface area (Å²) in [6.45, 7) is 0.891. The van der Waals surface area contributed by atoms with E-state index in [9.17, 15) is 4.79 Å². The van der Waals surface area contributed by atoms with E-state index < -0.39 is 0 Å². The molecule has 0 aromatic heterocycles. The Morgan fingerprint density at radius 1 is 1.33 bits per heavy atom. The predicted molar refractivity (Wildman–Crippen MR) is 65.7 cm³/mol. The molecule has 0 spiro atoms. The van der Waals surface area contributed by atoms with Gasteiger partial charge < -0.3 is 10.1 Å². The third-order valence-electron chi connectivity index (χ3n) is 1.58. The maximum Gasteiger partial charge on any atom is 0.407 e. The van der Waals surface area contributed by atoms with Gasteiger partial charge in [0.25, 0.3) is 0 Å². The van der Waals surface area contributed by atoms with Crippen LogP contribution in [-0.2, 0) is 11.3 Å². The molecule has 84 valence electrons. The standard InChI is InChI=1S/C10H12BrNO2.ClH/c11-6-7-12-10(13)14-8-9-4-2-1-3-5-9;/h1-5H,6-8H2,(H,12,13);1H. The number of ether oxygens (including phenoxy) is 1. The van der Waals surface area contributed by atoms with Crippen LogP contribution in [0.1, 0.15) is 5.56 Å². The third-order valence-corrected chi connectivity index (χ3v) is 1.97. The molecule has 0 fully saturated rings. The Morgan fingerprint density at radius 3 is 2.60 bits per heavy atom. The molecule has 1 aromatic carbocycles. The number of alkyl carbamates (subject to hydrolysis) is 1. The molecular formula is C10H13BrClNO2. The summed E-state index contributed by atoms with van der Waals surface area (Å²) in [5.41, 5.74) is 0.987. The molecule has 1 N–H and O–H groups in total. The van der Waals surface area contributed by atoms with Crippen LogP contribution in [0.25, 0.3) is 0 Å². The summed E-state index contributed by atoms with van der Waals surface area (Å²) in [4.78, 5) is 11.0. The fourth-order valence-electron chi connectivity index (χ4n) is 0.923. The predicted octanol–water partition coefficient (Wildman–Crippen LogP) is 2.73. The van der Waals surface area contributed by atoms with Gasteiger partial charge in [-0.15, -0.1) is 12.4 Å². The molecule has 1 amide bonds. The maximum absolute atomic E-state index is 11.0. The maximum atomic E-state index is 11.0. The Hall–Kier alpha value is -0.740. The monoisotopic (exact) mass is 293 g/mol. The molecule has 1 rings (SSSR count). The molecule has 0 saturated carbocycles. The Labute approximate surface area is 104 Å². The average Bonchev–Trinajstić information content (AvgIpc) is 2.25. The molecule has 15 heavy (non-hydrogen) atoms. The van der Waals surface area contributed by atoms with Gasteiger partial charge in [-0.05, 0) is 5.56 Å². The minimum Gasteiger partial charge on any atom is -0.445 e. The minimum atomic E-state index is -0.381. The van der Waals surface area contributed by atoms with Gasteiger partial charge >= 0.3 is 6.09 Å². The highest BCUT2D eigenvalue weighted by Crippen LogP contribution is 2.00. The van der Waals surface area contributed by atoms with Crippen LogP contribution < -0.4 is 5.32 Å². The molecule has 0 atom stereocenters. The summed E-state index contributed by atoms with van der Waals surface area (Å²) in [6, 6.07) is 9.58. The Kier molecular flexibility index (Phi) is 8.14. The van der Waals surface area contributed by atoms with Gasteiger partial charge in [0.1, 0.15) is 6.61 Å². The normalized spacial score (nSPS) is 8.87. The van der Waals surface area contributed by atoms with Crippen LogP contribution >= 0.6 is 28.3 Å². The fourth-order valence-corrected chi connectivity index (χ4v) is 1.12. The van der Waals surface area contributed by atoms with Crippen LogP contribution in [0.15, 0.2) is 30.3 Å². The van der Waals surface area contributed by atoms with Crippen molar-refractivity contribution >= 4 is 34.4 Å². The molecule has 5 heteroatoms. The van der Waals surface area contributed by atoms with E-state index in [-0.39, 0.29) is 18.5 Å². The molecule has 0 unspecified atom stereocenters. The van der Waals surface area contributed by atoms with Crippen molar-refractivity contribution < 1.29 is 9.53 Å². The smallest absolute Gasteiger partial charge is 0.407 e. The molecule has 3 nitrogen and oxygen atoms in total. The van der Waals surface area contributed by atoms with E-state index in [1.165, 1.54) is 0 Å². The number of hydrogen-bond acceptors (Lipinski definition) is 2. The SMILES string of the molecule is Cl.O=C(NCCBr)OCc1ccccc1. The van der Waals surface area contributed by atoms with Crippen molar-refractivity contribution in [3.05, 3.63) is 35.9 Å². The second-order valence-electron chi connectivity index (χ2n) is 2.68. The van der Waals surface area contributed by atoms with Crippen molar-refractivity contribution in [3.8, 4) is 0 Å². The largest absolute Gasteiger partial charge is 0.445 e. The second kappa shape index (κ2) is 8.56. The van der Waals surface area contributed by atoms with E-state index >= 15 is 0 Å². The van der Waals surface area contributed by atoms with Crippen molar-refractivity contribution in [1.29, 1.82) is 0 Å². The lowest BCUT2D eigenvalue weighted by atomic mass is 10.2. The Balaban J connectivity index is 0.00000196. The second-order valence-corrected chi connectivity index (χ2v) is 3.47. The number of benzene rings is 1. The van der Waals surface area contributed by atoms with Gasteiger partial charge in [-0.1, -0.05) is 46.3 Å². The van der Waals surface area contributed by atoms with Crippen molar-refractivity contribution in [3.63, 3.8) is 0 Å². The van der Waals surface area contributed by atoms with E-state index in [1.807, 2.05) is 30.3 Å². The molecule has 0 aliphatic rings. The van der Waals surface area contributed by atoms with Gasteiger partial charge in [0.05, 0.1) is 0 Å². The van der Waals surface area contributed by atoms with Gasteiger partial charge in [-0.25, -0.2) is 4.79 Å². The lowest BCUT2D eigenvalue weighted by Crippen LogP contribution is -2.25. The molecule has 0 aliphatic heterocycles. The summed E-state index contributed by atoms with van der Waals surface area (Å²) < 4.78 is 4.96. The zero-order valence-electron chi connectivity index (χ0n) is 8.11. The molecule has 1 aromatic rings. The molecule has 0 aliphatic carbocycles. The highest BCUT2D eigenvalue weighted by Gasteiger charge is 1.99. The first kappa shape index (κ1) is 14.3. The number of hydrogen-bond donors (Lipinski definition) is 1. The topological polar surface area (TPSA) is 38.3 Å². The number of carbonyl (C=O) groups is 1. The quantitative estimate of drug-likeness (QED) is 0.867.